The Kier molecular flexibility index (Phi) is 7.69. The van der Waals surface area contributed by atoms with Crippen LogP contribution in [0.2, 0.25) is 0 Å². The quantitative estimate of drug-likeness (QED) is 0.283. The third-order valence-electron chi connectivity index (χ3n) is 5.18. The molecule has 2 aromatic carbocycles. The van der Waals surface area contributed by atoms with E-state index in [2.05, 4.69) is 28.1 Å². The molecule has 11 heteroatoms. The third kappa shape index (κ3) is 5.11. The van der Waals surface area contributed by atoms with Crippen molar-refractivity contribution in [2.75, 3.05) is 5.75 Å². The van der Waals surface area contributed by atoms with Crippen molar-refractivity contribution in [1.29, 1.82) is 5.26 Å². The highest BCUT2D eigenvalue weighted by atomic mass is 32.2. The lowest BCUT2D eigenvalue weighted by molar-refractivity contribution is -0.137. The zero-order valence-corrected chi connectivity index (χ0v) is 21.3. The highest BCUT2D eigenvalue weighted by Crippen LogP contribution is 2.35. The number of phenols is 2. The van der Waals surface area contributed by atoms with Crippen molar-refractivity contribution in [2.45, 2.75) is 18.9 Å². The number of aromatic nitrogens is 2. The second-order valence-corrected chi connectivity index (χ2v) is 10.6. The van der Waals surface area contributed by atoms with Gasteiger partial charge in [0.05, 0.1) is 20.4 Å². The van der Waals surface area contributed by atoms with Crippen molar-refractivity contribution >= 4 is 65.9 Å². The van der Waals surface area contributed by atoms with E-state index in [0.29, 0.717) is 33.7 Å². The fraction of sp³-hybridized carbons (Fsp3) is 0.160. The zero-order chi connectivity index (χ0) is 25.8. The Morgan fingerprint density at radius 3 is 2.14 bits per heavy atom. The summed E-state index contributed by atoms with van der Waals surface area (Å²) in [5.74, 6) is -0.0214. The molecule has 2 aromatic heterocycles. The topological polar surface area (TPSA) is 140 Å². The fourth-order valence-corrected chi connectivity index (χ4v) is 6.64. The maximum atomic E-state index is 11.0. The molecule has 36 heavy (non-hydrogen) atoms. The lowest BCUT2D eigenvalue weighted by Gasteiger charge is -2.01. The van der Waals surface area contributed by atoms with Crippen LogP contribution in [0.5, 0.6) is 11.5 Å². The molecule has 1 aliphatic heterocycles. The summed E-state index contributed by atoms with van der Waals surface area (Å²) in [5.41, 5.74) is 3.13. The molecule has 0 saturated carbocycles. The predicted molar refractivity (Wildman–Crippen MR) is 146 cm³/mol. The van der Waals surface area contributed by atoms with E-state index in [1.165, 1.54) is 34.4 Å². The van der Waals surface area contributed by atoms with Crippen LogP contribution in [0.3, 0.4) is 0 Å². The van der Waals surface area contributed by atoms with E-state index in [9.17, 15) is 15.0 Å². The number of hydrogen-bond acceptors (Lipinski definition) is 10. The van der Waals surface area contributed by atoms with Crippen LogP contribution in [0.4, 0.5) is 0 Å². The SMILES string of the molecule is C=CCc1c(O)ccc2nc(C#N)sc12.C=CCc1c(O)ccc2nc(C3=N[C@@H](C(=O)O)CS3)sc12. The van der Waals surface area contributed by atoms with Gasteiger partial charge in [0, 0.05) is 16.9 Å². The Bertz CT molecular complexity index is 1570. The number of aliphatic imine (C=N–C) groups is 1. The first kappa shape index (κ1) is 25.4. The summed E-state index contributed by atoms with van der Waals surface area (Å²) < 4.78 is 1.76. The summed E-state index contributed by atoms with van der Waals surface area (Å²) in [6.45, 7) is 7.34. The van der Waals surface area contributed by atoms with Crippen LogP contribution in [-0.4, -0.2) is 48.1 Å². The van der Waals surface area contributed by atoms with Gasteiger partial charge in [0.1, 0.15) is 27.6 Å². The minimum atomic E-state index is -0.913. The zero-order valence-electron chi connectivity index (χ0n) is 18.8. The number of nitriles is 1. The Labute approximate surface area is 218 Å². The van der Waals surface area contributed by atoms with Crippen LogP contribution in [-0.2, 0) is 17.6 Å². The maximum Gasteiger partial charge on any atom is 0.329 e. The van der Waals surface area contributed by atoms with Crippen molar-refractivity contribution in [3.05, 3.63) is 70.7 Å². The Hall–Kier alpha value is -3.72. The first-order valence-electron chi connectivity index (χ1n) is 10.6. The summed E-state index contributed by atoms with van der Waals surface area (Å²) in [5, 5.41) is 39.1. The van der Waals surface area contributed by atoms with E-state index < -0.39 is 12.0 Å². The third-order valence-corrected chi connectivity index (χ3v) is 8.54. The molecular weight excluding hydrogens is 517 g/mol. The van der Waals surface area contributed by atoms with E-state index in [4.69, 9.17) is 10.4 Å². The van der Waals surface area contributed by atoms with Crippen LogP contribution in [0.25, 0.3) is 20.4 Å². The number of thioether (sulfide) groups is 1. The monoisotopic (exact) mass is 536 g/mol. The lowest BCUT2D eigenvalue weighted by atomic mass is 10.1. The molecule has 0 bridgehead atoms. The van der Waals surface area contributed by atoms with Gasteiger partial charge in [-0.25, -0.2) is 14.8 Å². The van der Waals surface area contributed by atoms with Crippen LogP contribution in [0, 0.1) is 11.3 Å². The largest absolute Gasteiger partial charge is 0.508 e. The molecule has 0 fully saturated rings. The Balaban J connectivity index is 0.000000179. The van der Waals surface area contributed by atoms with E-state index in [0.717, 1.165) is 31.6 Å². The fourth-order valence-electron chi connectivity index (χ4n) is 3.51. The molecule has 0 spiro atoms. The lowest BCUT2D eigenvalue weighted by Crippen LogP contribution is -2.17. The van der Waals surface area contributed by atoms with Crippen LogP contribution in [0.15, 0.2) is 54.6 Å². The molecule has 182 valence electrons. The Morgan fingerprint density at radius 2 is 1.61 bits per heavy atom. The second kappa shape index (κ2) is 10.9. The molecule has 1 aliphatic rings. The molecule has 0 radical (unpaired) electrons. The van der Waals surface area contributed by atoms with Gasteiger partial charge in [-0.15, -0.1) is 47.6 Å². The van der Waals surface area contributed by atoms with E-state index in [1.54, 1.807) is 36.4 Å². The van der Waals surface area contributed by atoms with Crippen molar-refractivity contribution in [2.24, 2.45) is 4.99 Å². The number of aliphatic carboxylic acids is 1. The van der Waals surface area contributed by atoms with Gasteiger partial charge in [-0.1, -0.05) is 12.2 Å². The number of nitrogens with zero attached hydrogens (tertiary/aromatic N) is 4. The number of thiazole rings is 2. The molecule has 0 aliphatic carbocycles. The average Bonchev–Trinajstić information content (AvgIpc) is 3.61. The molecule has 0 unspecified atom stereocenters. The highest BCUT2D eigenvalue weighted by Gasteiger charge is 2.27. The number of phenolic OH excluding ortho intramolecular Hbond substituents is 2. The number of hydrogen-bond donors (Lipinski definition) is 3. The predicted octanol–water partition coefficient (Wildman–Crippen LogP) is 5.28. The molecule has 0 amide bonds. The van der Waals surface area contributed by atoms with Gasteiger partial charge in [-0.3, -0.25) is 4.99 Å². The van der Waals surface area contributed by atoms with Crippen LogP contribution in [0.1, 0.15) is 21.1 Å². The summed E-state index contributed by atoms with van der Waals surface area (Å²) in [6.07, 6.45) is 4.59. The van der Waals surface area contributed by atoms with Gasteiger partial charge in [0.2, 0.25) is 0 Å². The number of carboxylic acid groups (broad SMARTS) is 1. The minimum absolute atomic E-state index is 0.224. The molecule has 8 nitrogen and oxygen atoms in total. The first-order valence-corrected chi connectivity index (χ1v) is 13.3. The van der Waals surface area contributed by atoms with Crippen molar-refractivity contribution < 1.29 is 20.1 Å². The molecule has 4 aromatic rings. The van der Waals surface area contributed by atoms with Crippen molar-refractivity contribution in [1.82, 2.24) is 9.97 Å². The molecule has 5 rings (SSSR count). The van der Waals surface area contributed by atoms with Crippen LogP contribution >= 0.6 is 34.4 Å². The second-order valence-electron chi connectivity index (χ2n) is 7.56. The van der Waals surface area contributed by atoms with Gasteiger partial charge in [-0.05, 0) is 37.1 Å². The van der Waals surface area contributed by atoms with Gasteiger partial charge in [-0.2, -0.15) is 5.26 Å². The van der Waals surface area contributed by atoms with E-state index >= 15 is 0 Å². The van der Waals surface area contributed by atoms with Gasteiger partial charge >= 0.3 is 5.97 Å². The van der Waals surface area contributed by atoms with Crippen molar-refractivity contribution in [3.8, 4) is 17.6 Å². The number of fused-ring (bicyclic) bond motifs is 2. The molecule has 3 heterocycles. The Morgan fingerprint density at radius 1 is 1.03 bits per heavy atom. The molecule has 3 N–H and O–H groups in total. The summed E-state index contributed by atoms with van der Waals surface area (Å²) in [7, 11) is 0. The van der Waals surface area contributed by atoms with Gasteiger partial charge in [0.15, 0.2) is 11.0 Å². The number of rotatable bonds is 6. The molecule has 0 saturated heterocycles. The molecular formula is C25H20N4O4S3. The smallest absolute Gasteiger partial charge is 0.329 e. The number of carboxylic acids is 1. The number of allylic oxidation sites excluding steroid dienone is 2. The standard InChI is InChI=1S/C14H12N2O3S2.C11H8N2OS/c1-2-3-7-10(17)5-4-8-11(7)21-13(15-8)12-16-9(6-20-12)14(18)19;1-2-3-7-9(14)5-4-8-11(7)15-10(6-12)13-8/h2,4-5,9,17H,1,3,6H2,(H,18,19);2,4-5,14H,1,3H2/t9-;/m1./s1. The van der Waals surface area contributed by atoms with Gasteiger partial charge in [0.25, 0.3) is 0 Å². The number of benzene rings is 2. The van der Waals surface area contributed by atoms with E-state index in [1.807, 2.05) is 6.07 Å². The maximum absolute atomic E-state index is 11.0. The van der Waals surface area contributed by atoms with E-state index in [-0.39, 0.29) is 11.5 Å². The van der Waals surface area contributed by atoms with Crippen molar-refractivity contribution in [3.63, 3.8) is 0 Å². The molecule has 1 atom stereocenters. The number of carbonyl (C=O) groups is 1. The summed E-state index contributed by atoms with van der Waals surface area (Å²) in [6, 6.07) is 8.00. The first-order chi connectivity index (χ1) is 17.4. The van der Waals surface area contributed by atoms with Crippen LogP contribution < -0.4 is 0 Å². The van der Waals surface area contributed by atoms with Gasteiger partial charge < -0.3 is 15.3 Å². The highest BCUT2D eigenvalue weighted by molar-refractivity contribution is 8.15. The normalized spacial score (nSPS) is 14.6. The minimum Gasteiger partial charge on any atom is -0.508 e. The number of aromatic hydroxyl groups is 2. The average molecular weight is 537 g/mol. The summed E-state index contributed by atoms with van der Waals surface area (Å²) >= 11 is 4.13. The summed E-state index contributed by atoms with van der Waals surface area (Å²) in [4.78, 5) is 23.8.